The number of halogens is 1. The number of amides is 2. The maximum atomic E-state index is 12.9. The molecule has 1 aromatic rings. The van der Waals surface area contributed by atoms with Gasteiger partial charge in [-0.2, -0.15) is 0 Å². The summed E-state index contributed by atoms with van der Waals surface area (Å²) in [6.45, 7) is 2.47. The Hall–Kier alpha value is -1.91. The number of hydrogen-bond donors (Lipinski definition) is 0. The molecule has 0 radical (unpaired) electrons. The van der Waals surface area contributed by atoms with Gasteiger partial charge in [0.15, 0.2) is 0 Å². The van der Waals surface area contributed by atoms with Crippen molar-refractivity contribution in [1.29, 1.82) is 0 Å². The second kappa shape index (κ2) is 6.46. The zero-order valence-corrected chi connectivity index (χ0v) is 13.4. The highest BCUT2D eigenvalue weighted by Crippen LogP contribution is 2.31. The fourth-order valence-electron chi connectivity index (χ4n) is 3.10. The van der Waals surface area contributed by atoms with Gasteiger partial charge in [0, 0.05) is 27.1 Å². The standard InChI is InChI=1S/C17H23FN2O2/c1-17(16(22)19(2)3)11-4-12-20(17)15(21)10-7-13-5-8-14(18)9-6-13/h5-6,8-9H,4,7,10-12H2,1-3H3/t17-/m1/s1. The quantitative estimate of drug-likeness (QED) is 0.856. The molecule has 0 bridgehead atoms. The highest BCUT2D eigenvalue weighted by Gasteiger charge is 2.45. The molecule has 22 heavy (non-hydrogen) atoms. The van der Waals surface area contributed by atoms with Crippen molar-refractivity contribution in [2.45, 2.75) is 38.1 Å². The molecule has 1 atom stereocenters. The van der Waals surface area contributed by atoms with Crippen molar-refractivity contribution in [3.63, 3.8) is 0 Å². The summed E-state index contributed by atoms with van der Waals surface area (Å²) in [5.41, 5.74) is 0.193. The molecule has 1 saturated heterocycles. The molecule has 4 nitrogen and oxygen atoms in total. The average molecular weight is 306 g/mol. The Kier molecular flexibility index (Phi) is 4.84. The summed E-state index contributed by atoms with van der Waals surface area (Å²) in [5.74, 6) is -0.321. The van der Waals surface area contributed by atoms with Gasteiger partial charge < -0.3 is 9.80 Å². The molecule has 0 aliphatic carbocycles. The van der Waals surface area contributed by atoms with Crippen LogP contribution < -0.4 is 0 Å². The SMILES string of the molecule is CN(C)C(=O)[C@@]1(C)CCCN1C(=O)CCc1ccc(F)cc1. The fraction of sp³-hybridized carbons (Fsp3) is 0.529. The van der Waals surface area contributed by atoms with Crippen LogP contribution in [0.25, 0.3) is 0 Å². The minimum atomic E-state index is -0.733. The first-order valence-corrected chi connectivity index (χ1v) is 7.61. The predicted molar refractivity (Wildman–Crippen MR) is 82.8 cm³/mol. The van der Waals surface area contributed by atoms with Crippen molar-refractivity contribution in [1.82, 2.24) is 9.80 Å². The molecule has 1 aliphatic heterocycles. The number of carbonyl (C=O) groups is 2. The summed E-state index contributed by atoms with van der Waals surface area (Å²) in [6, 6.07) is 6.18. The van der Waals surface area contributed by atoms with Crippen molar-refractivity contribution in [2.75, 3.05) is 20.6 Å². The van der Waals surface area contributed by atoms with Crippen molar-refractivity contribution in [3.8, 4) is 0 Å². The van der Waals surface area contributed by atoms with E-state index in [4.69, 9.17) is 0 Å². The van der Waals surface area contributed by atoms with E-state index in [1.165, 1.54) is 12.1 Å². The summed E-state index contributed by atoms with van der Waals surface area (Å²) in [4.78, 5) is 28.1. The highest BCUT2D eigenvalue weighted by molar-refractivity contribution is 5.91. The zero-order chi connectivity index (χ0) is 16.3. The Morgan fingerprint density at radius 1 is 1.27 bits per heavy atom. The second-order valence-corrected chi connectivity index (χ2v) is 6.25. The molecule has 0 aromatic heterocycles. The van der Waals surface area contributed by atoms with Crippen LogP contribution in [0.15, 0.2) is 24.3 Å². The van der Waals surface area contributed by atoms with E-state index >= 15 is 0 Å². The Morgan fingerprint density at radius 2 is 1.91 bits per heavy atom. The van der Waals surface area contributed by atoms with Crippen LogP contribution in [-0.2, 0) is 16.0 Å². The lowest BCUT2D eigenvalue weighted by Gasteiger charge is -2.36. The number of benzene rings is 1. The van der Waals surface area contributed by atoms with E-state index in [-0.39, 0.29) is 17.6 Å². The first kappa shape index (κ1) is 16.5. The van der Waals surface area contributed by atoms with Crippen LogP contribution in [0, 0.1) is 5.82 Å². The molecule has 0 spiro atoms. The molecule has 0 unspecified atom stereocenters. The molecule has 0 saturated carbocycles. The Morgan fingerprint density at radius 3 is 2.50 bits per heavy atom. The van der Waals surface area contributed by atoms with Gasteiger partial charge in [0.05, 0.1) is 0 Å². The van der Waals surface area contributed by atoms with Gasteiger partial charge in [-0.15, -0.1) is 0 Å². The number of likely N-dealkylation sites (tertiary alicyclic amines) is 1. The van der Waals surface area contributed by atoms with E-state index in [0.29, 0.717) is 25.8 Å². The number of likely N-dealkylation sites (N-methyl/N-ethyl adjacent to an activating group) is 1. The summed E-state index contributed by atoms with van der Waals surface area (Å²) in [7, 11) is 3.43. The lowest BCUT2D eigenvalue weighted by Crippen LogP contribution is -2.55. The number of carbonyl (C=O) groups excluding carboxylic acids is 2. The number of hydrogen-bond acceptors (Lipinski definition) is 2. The van der Waals surface area contributed by atoms with Crippen LogP contribution in [0.2, 0.25) is 0 Å². The first-order chi connectivity index (χ1) is 10.3. The van der Waals surface area contributed by atoms with Crippen LogP contribution in [0.1, 0.15) is 31.7 Å². The van der Waals surface area contributed by atoms with Crippen LogP contribution in [-0.4, -0.2) is 47.8 Å². The fourth-order valence-corrected chi connectivity index (χ4v) is 3.10. The largest absolute Gasteiger partial charge is 0.347 e. The molecular formula is C17H23FN2O2. The molecule has 5 heteroatoms. The van der Waals surface area contributed by atoms with Gasteiger partial charge in [-0.25, -0.2) is 4.39 Å². The van der Waals surface area contributed by atoms with Gasteiger partial charge in [0.1, 0.15) is 11.4 Å². The third kappa shape index (κ3) is 3.29. The number of aryl methyl sites for hydroxylation is 1. The van der Waals surface area contributed by atoms with Gasteiger partial charge in [-0.05, 0) is 43.9 Å². The third-order valence-electron chi connectivity index (χ3n) is 4.35. The van der Waals surface area contributed by atoms with E-state index < -0.39 is 5.54 Å². The molecule has 2 amide bonds. The van der Waals surface area contributed by atoms with Crippen molar-refractivity contribution < 1.29 is 14.0 Å². The molecule has 120 valence electrons. The first-order valence-electron chi connectivity index (χ1n) is 7.61. The van der Waals surface area contributed by atoms with Gasteiger partial charge in [0.2, 0.25) is 11.8 Å². The molecule has 1 fully saturated rings. The van der Waals surface area contributed by atoms with Gasteiger partial charge in [0.25, 0.3) is 0 Å². The van der Waals surface area contributed by atoms with Gasteiger partial charge >= 0.3 is 0 Å². The minimum absolute atomic E-state index is 0.0143. The van der Waals surface area contributed by atoms with Gasteiger partial charge in [-0.1, -0.05) is 12.1 Å². The lowest BCUT2D eigenvalue weighted by molar-refractivity contribution is -0.148. The summed E-state index contributed by atoms with van der Waals surface area (Å²) >= 11 is 0. The van der Waals surface area contributed by atoms with E-state index in [1.807, 2.05) is 6.92 Å². The van der Waals surface area contributed by atoms with E-state index in [2.05, 4.69) is 0 Å². The third-order valence-corrected chi connectivity index (χ3v) is 4.35. The van der Waals surface area contributed by atoms with E-state index in [1.54, 1.807) is 36.0 Å². The van der Waals surface area contributed by atoms with Crippen LogP contribution >= 0.6 is 0 Å². The maximum Gasteiger partial charge on any atom is 0.247 e. The zero-order valence-electron chi connectivity index (χ0n) is 13.4. The van der Waals surface area contributed by atoms with Crippen molar-refractivity contribution >= 4 is 11.8 Å². The minimum Gasteiger partial charge on any atom is -0.347 e. The lowest BCUT2D eigenvalue weighted by atomic mass is 9.96. The predicted octanol–water partition coefficient (Wildman–Crippen LogP) is 2.23. The summed E-state index contributed by atoms with van der Waals surface area (Å²) < 4.78 is 12.9. The van der Waals surface area contributed by atoms with Crippen molar-refractivity contribution in [3.05, 3.63) is 35.6 Å². The Labute approximate surface area is 130 Å². The molecule has 1 aromatic carbocycles. The van der Waals surface area contributed by atoms with E-state index in [0.717, 1.165) is 12.0 Å². The molecular weight excluding hydrogens is 283 g/mol. The molecule has 1 aliphatic rings. The van der Waals surface area contributed by atoms with Crippen LogP contribution in [0.5, 0.6) is 0 Å². The average Bonchev–Trinajstić information content (AvgIpc) is 2.88. The number of rotatable bonds is 4. The number of nitrogens with zero attached hydrogens (tertiary/aromatic N) is 2. The highest BCUT2D eigenvalue weighted by atomic mass is 19.1. The van der Waals surface area contributed by atoms with Gasteiger partial charge in [-0.3, -0.25) is 9.59 Å². The Bertz CT molecular complexity index is 556. The summed E-state index contributed by atoms with van der Waals surface area (Å²) in [6.07, 6.45) is 2.44. The summed E-state index contributed by atoms with van der Waals surface area (Å²) in [5, 5.41) is 0. The monoisotopic (exact) mass is 306 g/mol. The van der Waals surface area contributed by atoms with Crippen molar-refractivity contribution in [2.24, 2.45) is 0 Å². The smallest absolute Gasteiger partial charge is 0.247 e. The second-order valence-electron chi connectivity index (χ2n) is 6.25. The molecule has 2 rings (SSSR count). The maximum absolute atomic E-state index is 12.9. The Balaban J connectivity index is 2.02. The topological polar surface area (TPSA) is 40.6 Å². The molecule has 1 heterocycles. The normalized spacial score (nSPS) is 21.0. The van der Waals surface area contributed by atoms with Crippen LogP contribution in [0.3, 0.4) is 0 Å². The van der Waals surface area contributed by atoms with E-state index in [9.17, 15) is 14.0 Å². The molecule has 0 N–H and O–H groups in total. The van der Waals surface area contributed by atoms with Crippen LogP contribution in [0.4, 0.5) is 4.39 Å².